The first-order valence-corrected chi connectivity index (χ1v) is 7.51. The third kappa shape index (κ3) is 4.69. The molecule has 0 aliphatic carbocycles. The van der Waals surface area contributed by atoms with E-state index >= 15 is 0 Å². The molecular weight excluding hydrogens is 322 g/mol. The molecule has 0 radical (unpaired) electrons. The monoisotopic (exact) mass is 341 g/mol. The highest BCUT2D eigenvalue weighted by molar-refractivity contribution is 7.16. The molecule has 0 aliphatic heterocycles. The Morgan fingerprint density at radius 2 is 2.05 bits per heavy atom. The number of nitrogens with one attached hydrogen (secondary N) is 2. The zero-order chi connectivity index (χ0) is 15.2. The fourth-order valence-electron chi connectivity index (χ4n) is 1.68. The van der Waals surface area contributed by atoms with Crippen LogP contribution in [0.25, 0.3) is 10.6 Å². The predicted octanol–water partition coefficient (Wildman–Crippen LogP) is 2.58. The predicted molar refractivity (Wildman–Crippen MR) is 92.2 cm³/mol. The Kier molecular flexibility index (Phi) is 7.31. The van der Waals surface area contributed by atoms with Crippen LogP contribution < -0.4 is 15.4 Å². The summed E-state index contributed by atoms with van der Waals surface area (Å²) in [6, 6.07) is 7.86. The molecule has 1 atom stereocenters. The van der Waals surface area contributed by atoms with Gasteiger partial charge in [0.25, 0.3) is 5.91 Å². The van der Waals surface area contributed by atoms with Crippen LogP contribution in [0.4, 0.5) is 0 Å². The summed E-state index contributed by atoms with van der Waals surface area (Å²) in [7, 11) is 3.50. The van der Waals surface area contributed by atoms with Crippen molar-refractivity contribution in [3.05, 3.63) is 35.3 Å². The summed E-state index contributed by atoms with van der Waals surface area (Å²) >= 11 is 1.38. The number of ether oxygens (including phenoxy) is 1. The lowest BCUT2D eigenvalue weighted by Crippen LogP contribution is -2.36. The molecule has 0 fully saturated rings. The number of thiazole rings is 1. The molecule has 0 saturated heterocycles. The number of amides is 1. The van der Waals surface area contributed by atoms with E-state index in [0.717, 1.165) is 16.3 Å². The second-order valence-electron chi connectivity index (χ2n) is 4.66. The highest BCUT2D eigenvalue weighted by Gasteiger charge is 2.12. The number of nitrogens with zero attached hydrogens (tertiary/aromatic N) is 1. The van der Waals surface area contributed by atoms with E-state index < -0.39 is 0 Å². The topological polar surface area (TPSA) is 63.2 Å². The zero-order valence-corrected chi connectivity index (χ0v) is 14.4. The van der Waals surface area contributed by atoms with E-state index in [9.17, 15) is 4.79 Å². The third-order valence-corrected chi connectivity index (χ3v) is 4.17. The lowest BCUT2D eigenvalue weighted by molar-refractivity contribution is 0.0954. The zero-order valence-electron chi connectivity index (χ0n) is 12.8. The standard InChI is InChI=1S/C15H19N3O2S.ClH/c1-10(16-2)8-17-14(19)13-9-18-15(21-13)11-4-6-12(20-3)7-5-11;/h4-7,9-10,16H,8H2,1-3H3,(H,17,19);1H. The van der Waals surface area contributed by atoms with Crippen molar-refractivity contribution >= 4 is 29.7 Å². The van der Waals surface area contributed by atoms with E-state index in [1.54, 1.807) is 13.3 Å². The number of carbonyl (C=O) groups excluding carboxylic acids is 1. The van der Waals surface area contributed by atoms with Crippen molar-refractivity contribution in [2.45, 2.75) is 13.0 Å². The molecule has 0 bridgehead atoms. The van der Waals surface area contributed by atoms with Crippen molar-refractivity contribution in [2.24, 2.45) is 0 Å². The van der Waals surface area contributed by atoms with Gasteiger partial charge in [0.15, 0.2) is 0 Å². The van der Waals surface area contributed by atoms with Crippen LogP contribution in [-0.2, 0) is 0 Å². The van der Waals surface area contributed by atoms with E-state index in [-0.39, 0.29) is 24.4 Å². The molecule has 1 amide bonds. The van der Waals surface area contributed by atoms with E-state index in [0.29, 0.717) is 11.4 Å². The Morgan fingerprint density at radius 1 is 1.36 bits per heavy atom. The van der Waals surface area contributed by atoms with Crippen molar-refractivity contribution in [1.29, 1.82) is 0 Å². The summed E-state index contributed by atoms with van der Waals surface area (Å²) in [5, 5.41) is 6.78. The first kappa shape index (κ1) is 18.4. The quantitative estimate of drug-likeness (QED) is 0.847. The molecule has 2 N–H and O–H groups in total. The van der Waals surface area contributed by atoms with Gasteiger partial charge >= 0.3 is 0 Å². The number of aromatic nitrogens is 1. The minimum atomic E-state index is -0.0886. The van der Waals surface area contributed by atoms with E-state index in [4.69, 9.17) is 4.74 Å². The molecule has 1 unspecified atom stereocenters. The fourth-order valence-corrected chi connectivity index (χ4v) is 2.52. The summed E-state index contributed by atoms with van der Waals surface area (Å²) in [5.74, 6) is 0.712. The van der Waals surface area contributed by atoms with Crippen LogP contribution in [0.3, 0.4) is 0 Å². The van der Waals surface area contributed by atoms with E-state index in [1.165, 1.54) is 11.3 Å². The van der Waals surface area contributed by atoms with Gasteiger partial charge in [-0.1, -0.05) is 0 Å². The van der Waals surface area contributed by atoms with Gasteiger partial charge in [0.2, 0.25) is 0 Å². The van der Waals surface area contributed by atoms with Gasteiger partial charge in [-0.3, -0.25) is 4.79 Å². The van der Waals surface area contributed by atoms with Gasteiger partial charge in [-0.25, -0.2) is 4.98 Å². The Bertz CT molecular complexity index is 601. The summed E-state index contributed by atoms with van der Waals surface area (Å²) in [4.78, 5) is 16.9. The smallest absolute Gasteiger partial charge is 0.263 e. The molecule has 22 heavy (non-hydrogen) atoms. The van der Waals surface area contributed by atoms with Crippen LogP contribution in [-0.4, -0.2) is 37.6 Å². The molecule has 0 spiro atoms. The van der Waals surface area contributed by atoms with Crippen molar-refractivity contribution in [1.82, 2.24) is 15.6 Å². The van der Waals surface area contributed by atoms with Crippen LogP contribution in [0.5, 0.6) is 5.75 Å². The van der Waals surface area contributed by atoms with Crippen molar-refractivity contribution < 1.29 is 9.53 Å². The number of hydrogen-bond acceptors (Lipinski definition) is 5. The Morgan fingerprint density at radius 3 is 2.64 bits per heavy atom. The van der Waals surface area contributed by atoms with Gasteiger partial charge in [0.05, 0.1) is 13.3 Å². The maximum atomic E-state index is 12.0. The Balaban J connectivity index is 0.00000242. The molecule has 120 valence electrons. The minimum Gasteiger partial charge on any atom is -0.497 e. The second-order valence-corrected chi connectivity index (χ2v) is 5.69. The van der Waals surface area contributed by atoms with E-state index in [2.05, 4.69) is 15.6 Å². The van der Waals surface area contributed by atoms with Gasteiger partial charge in [0, 0.05) is 18.2 Å². The highest BCUT2D eigenvalue weighted by atomic mass is 35.5. The SMILES string of the molecule is CNC(C)CNC(=O)c1cnc(-c2ccc(OC)cc2)s1.Cl. The Hall–Kier alpha value is -1.63. The van der Waals surface area contributed by atoms with Gasteiger partial charge in [-0.2, -0.15) is 0 Å². The lowest BCUT2D eigenvalue weighted by Gasteiger charge is -2.10. The third-order valence-electron chi connectivity index (χ3n) is 3.13. The summed E-state index contributed by atoms with van der Waals surface area (Å²) in [5.41, 5.74) is 0.975. The first-order chi connectivity index (χ1) is 10.1. The van der Waals surface area contributed by atoms with Crippen molar-refractivity contribution in [3.63, 3.8) is 0 Å². The molecule has 7 heteroatoms. The van der Waals surface area contributed by atoms with Crippen LogP contribution in [0.2, 0.25) is 0 Å². The van der Waals surface area contributed by atoms with Crippen LogP contribution >= 0.6 is 23.7 Å². The molecule has 1 aromatic carbocycles. The van der Waals surface area contributed by atoms with Crippen LogP contribution in [0.15, 0.2) is 30.5 Å². The van der Waals surface area contributed by atoms with E-state index in [1.807, 2.05) is 38.2 Å². The molecule has 5 nitrogen and oxygen atoms in total. The number of hydrogen-bond donors (Lipinski definition) is 2. The average Bonchev–Trinajstić information content (AvgIpc) is 3.02. The summed E-state index contributed by atoms with van der Waals surface area (Å²) < 4.78 is 5.13. The molecule has 1 aromatic heterocycles. The van der Waals surface area contributed by atoms with Crippen LogP contribution in [0, 0.1) is 0 Å². The van der Waals surface area contributed by atoms with Crippen molar-refractivity contribution in [3.8, 4) is 16.3 Å². The molecule has 0 aliphatic rings. The number of benzene rings is 1. The fraction of sp³-hybridized carbons (Fsp3) is 0.333. The summed E-state index contributed by atoms with van der Waals surface area (Å²) in [6.45, 7) is 2.60. The lowest BCUT2D eigenvalue weighted by atomic mass is 10.2. The van der Waals surface area contributed by atoms with Crippen LogP contribution in [0.1, 0.15) is 16.6 Å². The molecule has 2 rings (SSSR count). The Labute approximate surface area is 140 Å². The number of carbonyl (C=O) groups is 1. The van der Waals surface area contributed by atoms with Crippen molar-refractivity contribution in [2.75, 3.05) is 20.7 Å². The maximum Gasteiger partial charge on any atom is 0.263 e. The number of halogens is 1. The highest BCUT2D eigenvalue weighted by Crippen LogP contribution is 2.26. The average molecular weight is 342 g/mol. The second kappa shape index (κ2) is 8.73. The van der Waals surface area contributed by atoms with Gasteiger partial charge in [-0.05, 0) is 38.2 Å². The molecule has 1 heterocycles. The largest absolute Gasteiger partial charge is 0.497 e. The molecular formula is C15H20ClN3O2S. The van der Waals surface area contributed by atoms with Gasteiger partial charge < -0.3 is 15.4 Å². The number of methoxy groups -OCH3 is 1. The van der Waals surface area contributed by atoms with Gasteiger partial charge in [-0.15, -0.1) is 23.7 Å². The molecule has 0 saturated carbocycles. The minimum absolute atomic E-state index is 0. The number of likely N-dealkylation sites (N-methyl/N-ethyl adjacent to an activating group) is 1. The maximum absolute atomic E-state index is 12.0. The van der Waals surface area contributed by atoms with Gasteiger partial charge in [0.1, 0.15) is 15.6 Å². The first-order valence-electron chi connectivity index (χ1n) is 6.69. The normalized spacial score (nSPS) is 11.4. The molecule has 2 aromatic rings. The number of rotatable bonds is 6. The summed E-state index contributed by atoms with van der Waals surface area (Å²) in [6.07, 6.45) is 1.61.